The van der Waals surface area contributed by atoms with Crippen LogP contribution in [-0.2, 0) is 4.74 Å². The molecule has 0 amide bonds. The number of rotatable bonds is 3. The van der Waals surface area contributed by atoms with Crippen molar-refractivity contribution in [2.24, 2.45) is 0 Å². The molecule has 0 fully saturated rings. The first kappa shape index (κ1) is 9.64. The van der Waals surface area contributed by atoms with Crippen LogP contribution in [0.1, 0.15) is 6.92 Å². The van der Waals surface area contributed by atoms with Crippen LogP contribution in [0.15, 0.2) is 0 Å². The van der Waals surface area contributed by atoms with Gasteiger partial charge in [0, 0.05) is 6.92 Å². The summed E-state index contributed by atoms with van der Waals surface area (Å²) in [6.07, 6.45) is -7.83. The molecule has 1 N–H and O–H groups in total. The van der Waals surface area contributed by atoms with E-state index in [2.05, 4.69) is 4.74 Å². The van der Waals surface area contributed by atoms with Crippen LogP contribution >= 0.6 is 0 Å². The van der Waals surface area contributed by atoms with E-state index in [1.807, 2.05) is 0 Å². The van der Waals surface area contributed by atoms with Crippen molar-refractivity contribution in [3.8, 4) is 0 Å². The number of hydrogen-bond donors (Lipinski definition) is 1. The number of hydrogen-bond acceptors (Lipinski definition) is 2. The fraction of sp³-hybridized carbons (Fsp3) is 1.00. The SMILES string of the molecule is CC(F)(F)OCC(O)(F)F. The Morgan fingerprint density at radius 3 is 1.80 bits per heavy atom. The molecule has 0 rings (SSSR count). The van der Waals surface area contributed by atoms with Gasteiger partial charge in [-0.25, -0.2) is 0 Å². The second-order valence-electron chi connectivity index (χ2n) is 1.76. The Morgan fingerprint density at radius 1 is 1.30 bits per heavy atom. The molecular weight excluding hydrogens is 156 g/mol. The lowest BCUT2D eigenvalue weighted by Gasteiger charge is -2.13. The van der Waals surface area contributed by atoms with Crippen molar-refractivity contribution in [2.45, 2.75) is 19.1 Å². The number of ether oxygens (including phenoxy) is 1. The van der Waals surface area contributed by atoms with Crippen molar-refractivity contribution in [3.63, 3.8) is 0 Å². The van der Waals surface area contributed by atoms with Crippen molar-refractivity contribution < 1.29 is 27.4 Å². The Hall–Kier alpha value is -0.360. The van der Waals surface area contributed by atoms with Gasteiger partial charge >= 0.3 is 12.2 Å². The monoisotopic (exact) mass is 162 g/mol. The van der Waals surface area contributed by atoms with E-state index in [1.54, 1.807) is 0 Å². The van der Waals surface area contributed by atoms with Crippen LogP contribution in [0.2, 0.25) is 0 Å². The van der Waals surface area contributed by atoms with Gasteiger partial charge in [0.15, 0.2) is 0 Å². The molecule has 0 aromatic rings. The van der Waals surface area contributed by atoms with E-state index >= 15 is 0 Å². The molecule has 0 saturated heterocycles. The predicted molar refractivity (Wildman–Crippen MR) is 23.7 cm³/mol. The molecule has 0 aliphatic rings. The van der Waals surface area contributed by atoms with Gasteiger partial charge in [-0.1, -0.05) is 0 Å². The van der Waals surface area contributed by atoms with E-state index in [4.69, 9.17) is 5.11 Å². The lowest BCUT2D eigenvalue weighted by atomic mass is 10.6. The highest BCUT2D eigenvalue weighted by Gasteiger charge is 2.31. The van der Waals surface area contributed by atoms with E-state index < -0.39 is 18.8 Å². The van der Waals surface area contributed by atoms with E-state index in [9.17, 15) is 17.6 Å². The molecule has 0 heterocycles. The maximum atomic E-state index is 11.6. The van der Waals surface area contributed by atoms with Gasteiger partial charge in [-0.15, -0.1) is 0 Å². The third-order valence-corrected chi connectivity index (χ3v) is 0.499. The van der Waals surface area contributed by atoms with Crippen molar-refractivity contribution in [1.82, 2.24) is 0 Å². The second kappa shape index (κ2) is 2.71. The van der Waals surface area contributed by atoms with Crippen LogP contribution in [0.5, 0.6) is 0 Å². The quantitative estimate of drug-likeness (QED) is 0.632. The molecule has 0 atom stereocenters. The number of halogens is 4. The van der Waals surface area contributed by atoms with Crippen LogP contribution in [0.25, 0.3) is 0 Å². The summed E-state index contributed by atoms with van der Waals surface area (Å²) in [6.45, 7) is -1.39. The van der Waals surface area contributed by atoms with Crippen LogP contribution < -0.4 is 0 Å². The van der Waals surface area contributed by atoms with Crippen LogP contribution in [0.3, 0.4) is 0 Å². The van der Waals surface area contributed by atoms with E-state index in [0.29, 0.717) is 6.92 Å². The molecule has 0 aliphatic heterocycles. The zero-order valence-electron chi connectivity index (χ0n) is 5.07. The van der Waals surface area contributed by atoms with Gasteiger partial charge in [-0.05, 0) is 0 Å². The maximum Gasteiger partial charge on any atom is 0.376 e. The highest BCUT2D eigenvalue weighted by atomic mass is 19.3. The minimum atomic E-state index is -4.20. The Labute approximate surface area is 54.4 Å². The van der Waals surface area contributed by atoms with Gasteiger partial charge < -0.3 is 9.84 Å². The number of alkyl halides is 4. The maximum absolute atomic E-state index is 11.6. The summed E-state index contributed by atoms with van der Waals surface area (Å²) >= 11 is 0. The Bertz CT molecular complexity index is 88.8. The topological polar surface area (TPSA) is 29.5 Å². The first-order valence-electron chi connectivity index (χ1n) is 2.33. The lowest BCUT2D eigenvalue weighted by Crippen LogP contribution is -2.28. The summed E-state index contributed by atoms with van der Waals surface area (Å²) in [5.74, 6) is 0. The van der Waals surface area contributed by atoms with Crippen molar-refractivity contribution in [3.05, 3.63) is 0 Å². The second-order valence-corrected chi connectivity index (χ2v) is 1.76. The lowest BCUT2D eigenvalue weighted by molar-refractivity contribution is -0.302. The first-order valence-corrected chi connectivity index (χ1v) is 2.33. The van der Waals surface area contributed by atoms with Gasteiger partial charge in [0.1, 0.15) is 6.61 Å². The summed E-state index contributed by atoms with van der Waals surface area (Å²) in [4.78, 5) is 0. The minimum Gasteiger partial charge on any atom is -0.334 e. The molecule has 0 radical (unpaired) electrons. The van der Waals surface area contributed by atoms with Crippen molar-refractivity contribution in [1.29, 1.82) is 0 Å². The molecule has 6 heteroatoms. The zero-order chi connectivity index (χ0) is 8.41. The zero-order valence-corrected chi connectivity index (χ0v) is 5.07. The Kier molecular flexibility index (Phi) is 2.61. The van der Waals surface area contributed by atoms with Gasteiger partial charge in [-0.2, -0.15) is 17.6 Å². The molecule has 0 unspecified atom stereocenters. The molecular formula is C4H6F4O2. The predicted octanol–water partition coefficient (Wildman–Crippen LogP) is 1.20. The van der Waals surface area contributed by atoms with E-state index in [1.165, 1.54) is 0 Å². The molecule has 0 aromatic heterocycles. The Morgan fingerprint density at radius 2 is 1.70 bits per heavy atom. The smallest absolute Gasteiger partial charge is 0.334 e. The van der Waals surface area contributed by atoms with Gasteiger partial charge in [0.2, 0.25) is 0 Å². The average molecular weight is 162 g/mol. The fourth-order valence-corrected chi connectivity index (χ4v) is 0.214. The molecule has 0 bridgehead atoms. The highest BCUT2D eigenvalue weighted by molar-refractivity contribution is 4.47. The summed E-state index contributed by atoms with van der Waals surface area (Å²) in [5, 5.41) is 7.59. The van der Waals surface area contributed by atoms with Crippen molar-refractivity contribution >= 4 is 0 Å². The van der Waals surface area contributed by atoms with Gasteiger partial charge in [0.05, 0.1) is 0 Å². The van der Waals surface area contributed by atoms with E-state index in [-0.39, 0.29) is 0 Å². The van der Waals surface area contributed by atoms with Crippen LogP contribution in [-0.4, -0.2) is 23.9 Å². The molecule has 0 aromatic carbocycles. The molecule has 0 saturated carbocycles. The minimum absolute atomic E-state index is 0.304. The van der Waals surface area contributed by atoms with Crippen LogP contribution in [0, 0.1) is 0 Å². The van der Waals surface area contributed by atoms with Gasteiger partial charge in [-0.3, -0.25) is 0 Å². The fourth-order valence-electron chi connectivity index (χ4n) is 0.214. The van der Waals surface area contributed by atoms with Crippen LogP contribution in [0.4, 0.5) is 17.6 Å². The largest absolute Gasteiger partial charge is 0.376 e. The molecule has 10 heavy (non-hydrogen) atoms. The number of aliphatic hydroxyl groups is 1. The molecule has 0 spiro atoms. The summed E-state index contributed by atoms with van der Waals surface area (Å²) < 4.78 is 49.1. The Balaban J connectivity index is 3.56. The normalized spacial score (nSPS) is 13.8. The third kappa shape index (κ3) is 7.64. The summed E-state index contributed by atoms with van der Waals surface area (Å²) in [7, 11) is 0. The summed E-state index contributed by atoms with van der Waals surface area (Å²) in [5.41, 5.74) is 0. The molecule has 62 valence electrons. The first-order chi connectivity index (χ1) is 4.21. The molecule has 2 nitrogen and oxygen atoms in total. The van der Waals surface area contributed by atoms with E-state index in [0.717, 1.165) is 0 Å². The average Bonchev–Trinajstić information content (AvgIpc) is 1.57. The standard InChI is InChI=1S/C4H6F4O2/c1-3(5,6)10-2-4(7,8)9/h9H,2H2,1H3. The van der Waals surface area contributed by atoms with Crippen molar-refractivity contribution in [2.75, 3.05) is 6.61 Å². The van der Waals surface area contributed by atoms with Gasteiger partial charge in [0.25, 0.3) is 0 Å². The third-order valence-electron chi connectivity index (χ3n) is 0.499. The molecule has 0 aliphatic carbocycles. The summed E-state index contributed by atoms with van der Waals surface area (Å²) in [6, 6.07) is 0. The highest BCUT2D eigenvalue weighted by Crippen LogP contribution is 2.17.